The van der Waals surface area contributed by atoms with E-state index in [4.69, 9.17) is 49.6 Å². The van der Waals surface area contributed by atoms with E-state index in [0.717, 1.165) is 5.56 Å². The number of carbonyl (C=O) groups excluding carboxylic acids is 1. The number of methoxy groups -OCH3 is 1. The van der Waals surface area contributed by atoms with E-state index in [1.165, 1.54) is 11.8 Å². The summed E-state index contributed by atoms with van der Waals surface area (Å²) in [6, 6.07) is 10.4. The average molecular weight is 456 g/mol. The Balaban J connectivity index is 1.60. The molecule has 28 heavy (non-hydrogen) atoms. The first-order valence-electron chi connectivity index (χ1n) is 8.10. The first kappa shape index (κ1) is 20.8. The largest absolute Gasteiger partial charge is 0.493 e. The summed E-state index contributed by atoms with van der Waals surface area (Å²) >= 11 is 18.1. The van der Waals surface area contributed by atoms with Gasteiger partial charge < -0.3 is 19.5 Å². The number of thioether (sulfide) groups is 1. The summed E-state index contributed by atoms with van der Waals surface area (Å²) in [5.41, 5.74) is 0.802. The molecule has 2 aromatic carbocycles. The van der Waals surface area contributed by atoms with Gasteiger partial charge in [0, 0.05) is 5.02 Å². The van der Waals surface area contributed by atoms with Crippen molar-refractivity contribution < 1.29 is 19.0 Å². The van der Waals surface area contributed by atoms with Crippen molar-refractivity contribution in [1.29, 1.82) is 0 Å². The number of hydrogen-bond donors (Lipinski definition) is 1. The predicted octanol–water partition coefficient (Wildman–Crippen LogP) is 4.95. The SMILES string of the molecule is COc1cc(/C=C2\SC(=S)NC2=O)ccc1OCCOc1ccc(Cl)cc1Cl. The van der Waals surface area contributed by atoms with Crippen LogP contribution < -0.4 is 19.5 Å². The zero-order chi connectivity index (χ0) is 20.1. The van der Waals surface area contributed by atoms with E-state index in [1.54, 1.807) is 43.5 Å². The van der Waals surface area contributed by atoms with Gasteiger partial charge in [-0.25, -0.2) is 0 Å². The van der Waals surface area contributed by atoms with Gasteiger partial charge in [-0.2, -0.15) is 0 Å². The molecular formula is C19H15Cl2NO4S2. The Kier molecular flexibility index (Phi) is 7.07. The molecule has 0 bridgehead atoms. The molecule has 1 saturated heterocycles. The van der Waals surface area contributed by atoms with Gasteiger partial charge >= 0.3 is 0 Å². The van der Waals surface area contributed by atoms with E-state index < -0.39 is 0 Å². The number of ether oxygens (including phenoxy) is 3. The van der Waals surface area contributed by atoms with E-state index in [1.807, 2.05) is 6.07 Å². The molecule has 3 rings (SSSR count). The third-order valence-electron chi connectivity index (χ3n) is 3.62. The lowest BCUT2D eigenvalue weighted by Gasteiger charge is -2.12. The molecule has 1 fully saturated rings. The standard InChI is InChI=1S/C19H15Cl2NO4S2/c1-24-16-8-11(9-17-18(23)22-19(27)28-17)2-4-15(16)26-7-6-25-14-5-3-12(20)10-13(14)21/h2-5,8-10H,6-7H2,1H3,(H,22,23,27)/b17-9-. The molecule has 0 saturated carbocycles. The third kappa shape index (κ3) is 5.32. The van der Waals surface area contributed by atoms with Crippen LogP contribution in [0.1, 0.15) is 5.56 Å². The molecule has 5 nitrogen and oxygen atoms in total. The molecular weight excluding hydrogens is 441 g/mol. The second kappa shape index (κ2) is 9.52. The molecule has 0 unspecified atom stereocenters. The maximum atomic E-state index is 11.8. The molecule has 0 radical (unpaired) electrons. The monoisotopic (exact) mass is 455 g/mol. The van der Waals surface area contributed by atoms with Crippen molar-refractivity contribution in [2.75, 3.05) is 20.3 Å². The van der Waals surface area contributed by atoms with Gasteiger partial charge in [-0.3, -0.25) is 4.79 Å². The molecule has 0 atom stereocenters. The average Bonchev–Trinajstić information content (AvgIpc) is 2.97. The first-order chi connectivity index (χ1) is 13.5. The molecule has 1 N–H and O–H groups in total. The molecule has 0 aliphatic carbocycles. The van der Waals surface area contributed by atoms with Crippen LogP contribution in [-0.4, -0.2) is 30.6 Å². The molecule has 146 valence electrons. The van der Waals surface area contributed by atoms with Crippen LogP contribution in [-0.2, 0) is 4.79 Å². The van der Waals surface area contributed by atoms with E-state index in [2.05, 4.69) is 5.32 Å². The highest BCUT2D eigenvalue weighted by molar-refractivity contribution is 8.26. The van der Waals surface area contributed by atoms with Gasteiger partial charge in [0.05, 0.1) is 17.0 Å². The minimum Gasteiger partial charge on any atom is -0.493 e. The lowest BCUT2D eigenvalue weighted by Crippen LogP contribution is -2.17. The summed E-state index contributed by atoms with van der Waals surface area (Å²) in [7, 11) is 1.55. The van der Waals surface area contributed by atoms with Crippen molar-refractivity contribution in [2.24, 2.45) is 0 Å². The minimum absolute atomic E-state index is 0.202. The van der Waals surface area contributed by atoms with Gasteiger partial charge in [0.15, 0.2) is 11.5 Å². The summed E-state index contributed by atoms with van der Waals surface area (Å²) in [5.74, 6) is 1.44. The van der Waals surface area contributed by atoms with Crippen LogP contribution in [0.4, 0.5) is 0 Å². The zero-order valence-corrected chi connectivity index (χ0v) is 17.8. The Labute approximate surface area is 181 Å². The summed E-state index contributed by atoms with van der Waals surface area (Å²) in [6.45, 7) is 0.590. The van der Waals surface area contributed by atoms with Crippen molar-refractivity contribution in [3.05, 3.63) is 56.9 Å². The number of rotatable bonds is 7. The fraction of sp³-hybridized carbons (Fsp3) is 0.158. The molecule has 1 aliphatic rings. The summed E-state index contributed by atoms with van der Waals surface area (Å²) in [4.78, 5) is 12.3. The Morgan fingerprint density at radius 1 is 1.07 bits per heavy atom. The van der Waals surface area contributed by atoms with E-state index in [9.17, 15) is 4.79 Å². The maximum Gasteiger partial charge on any atom is 0.263 e. The van der Waals surface area contributed by atoms with Gasteiger partial charge in [-0.15, -0.1) is 0 Å². The normalized spacial score (nSPS) is 14.9. The summed E-state index contributed by atoms with van der Waals surface area (Å²) in [6.07, 6.45) is 1.75. The zero-order valence-electron chi connectivity index (χ0n) is 14.7. The molecule has 9 heteroatoms. The van der Waals surface area contributed by atoms with Gasteiger partial charge in [0.25, 0.3) is 5.91 Å². The quantitative estimate of drug-likeness (QED) is 0.362. The van der Waals surface area contributed by atoms with Crippen molar-refractivity contribution in [3.63, 3.8) is 0 Å². The second-order valence-electron chi connectivity index (χ2n) is 5.53. The number of carbonyl (C=O) groups is 1. The minimum atomic E-state index is -0.202. The molecule has 0 aromatic heterocycles. The van der Waals surface area contributed by atoms with Crippen LogP contribution in [0.2, 0.25) is 10.0 Å². The summed E-state index contributed by atoms with van der Waals surface area (Å²) in [5, 5.41) is 3.57. The number of thiocarbonyl (C=S) groups is 1. The van der Waals surface area contributed by atoms with E-state index in [-0.39, 0.29) is 5.91 Å². The topological polar surface area (TPSA) is 56.8 Å². The highest BCUT2D eigenvalue weighted by Gasteiger charge is 2.22. The third-order valence-corrected chi connectivity index (χ3v) is 5.31. The van der Waals surface area contributed by atoms with E-state index >= 15 is 0 Å². The number of hydrogen-bond acceptors (Lipinski definition) is 6. The second-order valence-corrected chi connectivity index (χ2v) is 8.10. The van der Waals surface area contributed by atoms with Gasteiger partial charge in [-0.1, -0.05) is 53.2 Å². The molecule has 1 amide bonds. The van der Waals surface area contributed by atoms with Crippen LogP contribution in [0.3, 0.4) is 0 Å². The Morgan fingerprint density at radius 3 is 2.43 bits per heavy atom. The number of halogens is 2. The highest BCUT2D eigenvalue weighted by Crippen LogP contribution is 2.32. The van der Waals surface area contributed by atoms with Crippen molar-refractivity contribution in [3.8, 4) is 17.2 Å². The van der Waals surface area contributed by atoms with Crippen LogP contribution in [0.5, 0.6) is 17.2 Å². The van der Waals surface area contributed by atoms with Crippen molar-refractivity contribution >= 4 is 63.5 Å². The van der Waals surface area contributed by atoms with Crippen molar-refractivity contribution in [1.82, 2.24) is 5.32 Å². The first-order valence-corrected chi connectivity index (χ1v) is 10.1. The fourth-order valence-electron chi connectivity index (χ4n) is 2.36. The number of nitrogens with one attached hydrogen (secondary N) is 1. The van der Waals surface area contributed by atoms with Crippen LogP contribution in [0.25, 0.3) is 6.08 Å². The van der Waals surface area contributed by atoms with Gasteiger partial charge in [0.1, 0.15) is 23.3 Å². The van der Waals surface area contributed by atoms with Gasteiger partial charge in [0.2, 0.25) is 0 Å². The molecule has 1 aliphatic heterocycles. The predicted molar refractivity (Wildman–Crippen MR) is 117 cm³/mol. The lowest BCUT2D eigenvalue weighted by molar-refractivity contribution is -0.115. The van der Waals surface area contributed by atoms with Crippen molar-refractivity contribution in [2.45, 2.75) is 0 Å². The highest BCUT2D eigenvalue weighted by atomic mass is 35.5. The fourth-order valence-corrected chi connectivity index (χ4v) is 3.87. The van der Waals surface area contributed by atoms with Crippen LogP contribution in [0.15, 0.2) is 41.3 Å². The summed E-state index contributed by atoms with van der Waals surface area (Å²) < 4.78 is 17.2. The Bertz CT molecular complexity index is 950. The molecule has 0 spiro atoms. The van der Waals surface area contributed by atoms with Crippen LogP contribution in [0, 0.1) is 0 Å². The van der Waals surface area contributed by atoms with Gasteiger partial charge in [-0.05, 0) is 42.0 Å². The Morgan fingerprint density at radius 2 is 1.79 bits per heavy atom. The Hall–Kier alpha value is -1.93. The number of benzene rings is 2. The van der Waals surface area contributed by atoms with Crippen LogP contribution >= 0.6 is 47.2 Å². The lowest BCUT2D eigenvalue weighted by atomic mass is 10.2. The van der Waals surface area contributed by atoms with E-state index in [0.29, 0.717) is 49.7 Å². The molecule has 2 aromatic rings. The number of amides is 1. The maximum absolute atomic E-state index is 11.8. The molecule has 1 heterocycles. The smallest absolute Gasteiger partial charge is 0.263 e.